The number of methoxy groups -OCH3 is 1. The molecule has 0 aliphatic carbocycles. The van der Waals surface area contributed by atoms with E-state index in [0.29, 0.717) is 13.2 Å². The average Bonchev–Trinajstić information content (AvgIpc) is 2.28. The molecule has 0 heterocycles. The molecule has 0 saturated carbocycles. The second kappa shape index (κ2) is 8.51. The van der Waals surface area contributed by atoms with Crippen LogP contribution in [0.2, 0.25) is 0 Å². The van der Waals surface area contributed by atoms with Crippen LogP contribution in [0.25, 0.3) is 0 Å². The SMILES string of the molecule is COCCNC(=O)CCNC(=O)C(C)C(=O)O. The molecule has 2 amide bonds. The van der Waals surface area contributed by atoms with Crippen LogP contribution in [0, 0.1) is 5.92 Å². The molecule has 0 spiro atoms. The van der Waals surface area contributed by atoms with Crippen molar-refractivity contribution in [2.24, 2.45) is 5.92 Å². The number of hydrogen-bond acceptors (Lipinski definition) is 4. The van der Waals surface area contributed by atoms with Gasteiger partial charge in [0.15, 0.2) is 0 Å². The third-order valence-corrected chi connectivity index (χ3v) is 2.04. The van der Waals surface area contributed by atoms with Crippen LogP contribution in [-0.4, -0.2) is 49.7 Å². The van der Waals surface area contributed by atoms with E-state index in [1.165, 1.54) is 14.0 Å². The molecule has 1 unspecified atom stereocenters. The van der Waals surface area contributed by atoms with Crippen molar-refractivity contribution in [1.82, 2.24) is 10.6 Å². The van der Waals surface area contributed by atoms with Gasteiger partial charge in [-0.15, -0.1) is 0 Å². The van der Waals surface area contributed by atoms with Gasteiger partial charge in [0, 0.05) is 26.6 Å². The van der Waals surface area contributed by atoms with Gasteiger partial charge in [-0.3, -0.25) is 14.4 Å². The molecule has 98 valence electrons. The summed E-state index contributed by atoms with van der Waals surface area (Å²) in [7, 11) is 1.53. The van der Waals surface area contributed by atoms with Gasteiger partial charge in [-0.2, -0.15) is 0 Å². The fourth-order valence-electron chi connectivity index (χ4n) is 0.945. The van der Waals surface area contributed by atoms with Crippen molar-refractivity contribution in [3.63, 3.8) is 0 Å². The largest absolute Gasteiger partial charge is 0.481 e. The van der Waals surface area contributed by atoms with E-state index in [0.717, 1.165) is 0 Å². The minimum absolute atomic E-state index is 0.113. The molecule has 0 saturated heterocycles. The topological polar surface area (TPSA) is 105 Å². The number of amides is 2. The standard InChI is InChI=1S/C10H18N2O5/c1-7(10(15)16)9(14)12-4-3-8(13)11-5-6-17-2/h7H,3-6H2,1-2H3,(H,11,13)(H,12,14)(H,15,16). The van der Waals surface area contributed by atoms with Gasteiger partial charge in [0.05, 0.1) is 6.61 Å². The number of carboxylic acids is 1. The summed E-state index contributed by atoms with van der Waals surface area (Å²) in [5.74, 6) is -3.11. The van der Waals surface area contributed by atoms with E-state index in [1.54, 1.807) is 0 Å². The smallest absolute Gasteiger partial charge is 0.315 e. The van der Waals surface area contributed by atoms with Crippen molar-refractivity contribution in [2.75, 3.05) is 26.8 Å². The third kappa shape index (κ3) is 7.29. The molecule has 1 atom stereocenters. The second-order valence-corrected chi connectivity index (χ2v) is 3.44. The molecule has 0 aliphatic heterocycles. The van der Waals surface area contributed by atoms with Gasteiger partial charge < -0.3 is 20.5 Å². The zero-order chi connectivity index (χ0) is 13.3. The van der Waals surface area contributed by atoms with Gasteiger partial charge in [0.1, 0.15) is 5.92 Å². The Morgan fingerprint density at radius 2 is 1.88 bits per heavy atom. The molecule has 3 N–H and O–H groups in total. The molecule has 0 rings (SSSR count). The Morgan fingerprint density at radius 3 is 2.41 bits per heavy atom. The summed E-state index contributed by atoms with van der Waals surface area (Å²) < 4.78 is 4.74. The van der Waals surface area contributed by atoms with Gasteiger partial charge in [-0.1, -0.05) is 0 Å². The molecule has 17 heavy (non-hydrogen) atoms. The van der Waals surface area contributed by atoms with Gasteiger partial charge in [0.25, 0.3) is 0 Å². The first-order valence-corrected chi connectivity index (χ1v) is 5.25. The summed E-state index contributed by atoms with van der Waals surface area (Å²) in [4.78, 5) is 32.8. The van der Waals surface area contributed by atoms with Gasteiger partial charge in [-0.25, -0.2) is 0 Å². The maximum Gasteiger partial charge on any atom is 0.315 e. The maximum absolute atomic E-state index is 11.2. The van der Waals surface area contributed by atoms with Crippen LogP contribution in [0.3, 0.4) is 0 Å². The first-order chi connectivity index (χ1) is 7.99. The Morgan fingerprint density at radius 1 is 1.24 bits per heavy atom. The van der Waals surface area contributed by atoms with Crippen molar-refractivity contribution in [3.8, 4) is 0 Å². The summed E-state index contributed by atoms with van der Waals surface area (Å²) in [6.45, 7) is 2.24. The normalized spacial score (nSPS) is 11.6. The number of rotatable bonds is 8. The van der Waals surface area contributed by atoms with E-state index in [2.05, 4.69) is 10.6 Å². The first kappa shape index (κ1) is 15.4. The van der Waals surface area contributed by atoms with E-state index < -0.39 is 17.8 Å². The second-order valence-electron chi connectivity index (χ2n) is 3.44. The number of hydrogen-bond donors (Lipinski definition) is 3. The zero-order valence-electron chi connectivity index (χ0n) is 9.99. The Bertz CT molecular complexity index is 280. The highest BCUT2D eigenvalue weighted by atomic mass is 16.5. The molecule has 7 nitrogen and oxygen atoms in total. The number of nitrogens with one attached hydrogen (secondary N) is 2. The molecule has 0 fully saturated rings. The van der Waals surface area contributed by atoms with Crippen molar-refractivity contribution in [2.45, 2.75) is 13.3 Å². The Balaban J connectivity index is 3.66. The van der Waals surface area contributed by atoms with Crippen molar-refractivity contribution in [3.05, 3.63) is 0 Å². The predicted octanol–water partition coefficient (Wildman–Crippen LogP) is -1.02. The lowest BCUT2D eigenvalue weighted by Gasteiger charge is -2.08. The van der Waals surface area contributed by atoms with Crippen molar-refractivity contribution < 1.29 is 24.2 Å². The van der Waals surface area contributed by atoms with Crippen LogP contribution in [0.15, 0.2) is 0 Å². The first-order valence-electron chi connectivity index (χ1n) is 5.25. The predicted molar refractivity (Wildman–Crippen MR) is 59.3 cm³/mol. The summed E-state index contributed by atoms with van der Waals surface area (Å²) in [6, 6.07) is 0. The zero-order valence-corrected chi connectivity index (χ0v) is 9.99. The lowest BCUT2D eigenvalue weighted by molar-refractivity contribution is -0.146. The molecule has 0 bridgehead atoms. The molecule has 0 aliphatic rings. The highest BCUT2D eigenvalue weighted by Crippen LogP contribution is 1.93. The number of carboxylic acid groups (broad SMARTS) is 1. The highest BCUT2D eigenvalue weighted by molar-refractivity contribution is 5.96. The van der Waals surface area contributed by atoms with Crippen LogP contribution in [0.1, 0.15) is 13.3 Å². The molecule has 7 heteroatoms. The molecule has 0 aromatic heterocycles. The number of carbonyl (C=O) groups is 3. The Hall–Kier alpha value is -1.63. The Kier molecular flexibility index (Phi) is 7.70. The van der Waals surface area contributed by atoms with E-state index in [1.807, 2.05) is 0 Å². The average molecular weight is 246 g/mol. The van der Waals surface area contributed by atoms with Crippen molar-refractivity contribution in [1.29, 1.82) is 0 Å². The minimum Gasteiger partial charge on any atom is -0.481 e. The molecular weight excluding hydrogens is 228 g/mol. The minimum atomic E-state index is -1.19. The number of carbonyl (C=O) groups excluding carboxylic acids is 2. The molecular formula is C10H18N2O5. The van der Waals surface area contributed by atoms with Crippen LogP contribution in [0.4, 0.5) is 0 Å². The third-order valence-electron chi connectivity index (χ3n) is 2.04. The quantitative estimate of drug-likeness (QED) is 0.375. The summed E-state index contributed by atoms with van der Waals surface area (Å²) in [6.07, 6.45) is 0.113. The summed E-state index contributed by atoms with van der Waals surface area (Å²) >= 11 is 0. The fraction of sp³-hybridized carbons (Fsp3) is 0.700. The molecule has 0 aromatic carbocycles. The summed E-state index contributed by atoms with van der Waals surface area (Å²) in [5, 5.41) is 13.5. The van der Waals surface area contributed by atoms with E-state index in [9.17, 15) is 14.4 Å². The van der Waals surface area contributed by atoms with E-state index in [-0.39, 0.29) is 18.9 Å². The fourth-order valence-corrected chi connectivity index (χ4v) is 0.945. The van der Waals surface area contributed by atoms with E-state index in [4.69, 9.17) is 9.84 Å². The van der Waals surface area contributed by atoms with Crippen LogP contribution >= 0.6 is 0 Å². The van der Waals surface area contributed by atoms with Gasteiger partial charge in [0.2, 0.25) is 11.8 Å². The Labute approximate surface area is 99.5 Å². The lowest BCUT2D eigenvalue weighted by Crippen LogP contribution is -2.36. The van der Waals surface area contributed by atoms with Gasteiger partial charge >= 0.3 is 5.97 Å². The monoisotopic (exact) mass is 246 g/mol. The van der Waals surface area contributed by atoms with Gasteiger partial charge in [-0.05, 0) is 6.92 Å². The highest BCUT2D eigenvalue weighted by Gasteiger charge is 2.19. The van der Waals surface area contributed by atoms with Crippen LogP contribution in [-0.2, 0) is 19.1 Å². The van der Waals surface area contributed by atoms with E-state index >= 15 is 0 Å². The van der Waals surface area contributed by atoms with Crippen molar-refractivity contribution >= 4 is 17.8 Å². The summed E-state index contributed by atoms with van der Waals surface area (Å²) in [5.41, 5.74) is 0. The number of ether oxygens (including phenoxy) is 1. The lowest BCUT2D eigenvalue weighted by atomic mass is 10.2. The number of aliphatic carboxylic acids is 1. The molecule has 0 radical (unpaired) electrons. The molecule has 0 aromatic rings. The maximum atomic E-state index is 11.2. The van der Waals surface area contributed by atoms with Crippen LogP contribution < -0.4 is 10.6 Å². The van der Waals surface area contributed by atoms with Crippen LogP contribution in [0.5, 0.6) is 0 Å².